The Labute approximate surface area is 128 Å². The summed E-state index contributed by atoms with van der Waals surface area (Å²) in [5.41, 5.74) is -0.844. The molecule has 1 aromatic carbocycles. The quantitative estimate of drug-likeness (QED) is 0.846. The van der Waals surface area contributed by atoms with E-state index >= 15 is 0 Å². The number of ether oxygens (including phenoxy) is 1. The van der Waals surface area contributed by atoms with E-state index in [0.717, 1.165) is 30.7 Å². The van der Waals surface area contributed by atoms with Crippen LogP contribution in [-0.2, 0) is 4.79 Å². The fraction of sp³-hybridized carbons (Fsp3) is 0.533. The number of halogens is 1. The summed E-state index contributed by atoms with van der Waals surface area (Å²) < 4.78 is 6.87. The summed E-state index contributed by atoms with van der Waals surface area (Å²) in [6.07, 6.45) is 0. The Morgan fingerprint density at radius 2 is 1.70 bits per heavy atom. The number of carbonyl (C=O) groups is 1. The SMILES string of the molecule is CN1CCN(C(=O)C(C)(C)Oc2ccc(Br)cc2)CC1. The number of amides is 1. The second-order valence-electron chi connectivity index (χ2n) is 5.66. The summed E-state index contributed by atoms with van der Waals surface area (Å²) in [4.78, 5) is 16.7. The third-order valence-electron chi connectivity index (χ3n) is 3.49. The molecule has 5 heteroatoms. The van der Waals surface area contributed by atoms with Crippen molar-refractivity contribution in [2.75, 3.05) is 33.2 Å². The van der Waals surface area contributed by atoms with Crippen molar-refractivity contribution in [2.45, 2.75) is 19.4 Å². The van der Waals surface area contributed by atoms with Crippen LogP contribution in [0, 0.1) is 0 Å². The number of hydrogen-bond donors (Lipinski definition) is 0. The Balaban J connectivity index is 2.01. The number of likely N-dealkylation sites (N-methyl/N-ethyl adjacent to an activating group) is 1. The van der Waals surface area contributed by atoms with Crippen LogP contribution in [0.1, 0.15) is 13.8 Å². The summed E-state index contributed by atoms with van der Waals surface area (Å²) in [6.45, 7) is 7.02. The Morgan fingerprint density at radius 1 is 1.15 bits per heavy atom. The van der Waals surface area contributed by atoms with Gasteiger partial charge in [-0.3, -0.25) is 4.79 Å². The topological polar surface area (TPSA) is 32.8 Å². The first-order valence-corrected chi connectivity index (χ1v) is 7.60. The lowest BCUT2D eigenvalue weighted by Gasteiger charge is -2.37. The van der Waals surface area contributed by atoms with Crippen LogP contribution in [0.15, 0.2) is 28.7 Å². The van der Waals surface area contributed by atoms with E-state index in [1.54, 1.807) is 0 Å². The highest BCUT2D eigenvalue weighted by Gasteiger charge is 2.35. The van der Waals surface area contributed by atoms with E-state index in [4.69, 9.17) is 4.74 Å². The van der Waals surface area contributed by atoms with Crippen molar-refractivity contribution in [2.24, 2.45) is 0 Å². The van der Waals surface area contributed by atoms with Crippen molar-refractivity contribution in [3.63, 3.8) is 0 Å². The van der Waals surface area contributed by atoms with Gasteiger partial charge in [0.2, 0.25) is 0 Å². The van der Waals surface area contributed by atoms with Crippen LogP contribution in [0.2, 0.25) is 0 Å². The van der Waals surface area contributed by atoms with Crippen molar-refractivity contribution >= 4 is 21.8 Å². The second kappa shape index (κ2) is 6.14. The zero-order valence-corrected chi connectivity index (χ0v) is 13.8. The number of piperazine rings is 1. The molecule has 20 heavy (non-hydrogen) atoms. The van der Waals surface area contributed by atoms with Gasteiger partial charge in [0.25, 0.3) is 5.91 Å². The van der Waals surface area contributed by atoms with Crippen molar-refractivity contribution in [1.29, 1.82) is 0 Å². The lowest BCUT2D eigenvalue weighted by atomic mass is 10.1. The van der Waals surface area contributed by atoms with Gasteiger partial charge in [0.1, 0.15) is 5.75 Å². The lowest BCUT2D eigenvalue weighted by Crippen LogP contribution is -2.55. The van der Waals surface area contributed by atoms with Crippen molar-refractivity contribution < 1.29 is 9.53 Å². The first kappa shape index (κ1) is 15.3. The molecule has 0 bridgehead atoms. The smallest absolute Gasteiger partial charge is 0.266 e. The van der Waals surface area contributed by atoms with Gasteiger partial charge in [-0.15, -0.1) is 0 Å². The van der Waals surface area contributed by atoms with Gasteiger partial charge in [0, 0.05) is 30.7 Å². The Kier molecular flexibility index (Phi) is 4.70. The van der Waals surface area contributed by atoms with E-state index in [1.807, 2.05) is 43.0 Å². The molecule has 0 aliphatic carbocycles. The molecule has 0 radical (unpaired) electrons. The normalized spacial score (nSPS) is 17.1. The molecule has 4 nitrogen and oxygen atoms in total. The van der Waals surface area contributed by atoms with Crippen LogP contribution in [0.25, 0.3) is 0 Å². The maximum absolute atomic E-state index is 12.6. The molecule has 110 valence electrons. The van der Waals surface area contributed by atoms with Gasteiger partial charge < -0.3 is 14.5 Å². The zero-order valence-electron chi connectivity index (χ0n) is 12.2. The van der Waals surface area contributed by atoms with Crippen LogP contribution in [0.4, 0.5) is 0 Å². The van der Waals surface area contributed by atoms with Crippen LogP contribution >= 0.6 is 15.9 Å². The molecule has 1 aliphatic heterocycles. The molecule has 2 rings (SSSR count). The molecular weight excluding hydrogens is 320 g/mol. The third kappa shape index (κ3) is 3.73. The molecule has 0 spiro atoms. The van der Waals surface area contributed by atoms with E-state index in [1.165, 1.54) is 0 Å². The van der Waals surface area contributed by atoms with E-state index < -0.39 is 5.60 Å². The van der Waals surface area contributed by atoms with Gasteiger partial charge in [0.15, 0.2) is 5.60 Å². The molecule has 1 heterocycles. The first-order valence-electron chi connectivity index (χ1n) is 6.81. The molecule has 0 aromatic heterocycles. The summed E-state index contributed by atoms with van der Waals surface area (Å²) in [5, 5.41) is 0. The maximum Gasteiger partial charge on any atom is 0.266 e. The molecule has 0 saturated carbocycles. The standard InChI is InChI=1S/C15H21BrN2O2/c1-15(2,20-13-6-4-12(16)5-7-13)14(19)18-10-8-17(3)9-11-18/h4-7H,8-11H2,1-3H3. The van der Waals surface area contributed by atoms with Crippen LogP contribution < -0.4 is 4.74 Å². The fourth-order valence-electron chi connectivity index (χ4n) is 2.23. The molecule has 1 fully saturated rings. The summed E-state index contributed by atoms with van der Waals surface area (Å²) >= 11 is 3.39. The van der Waals surface area contributed by atoms with Gasteiger partial charge >= 0.3 is 0 Å². The predicted molar refractivity (Wildman–Crippen MR) is 82.9 cm³/mol. The Bertz CT molecular complexity index is 465. The van der Waals surface area contributed by atoms with Gasteiger partial charge in [-0.2, -0.15) is 0 Å². The summed E-state index contributed by atoms with van der Waals surface area (Å²) in [6, 6.07) is 7.55. The van der Waals surface area contributed by atoms with Gasteiger partial charge in [0.05, 0.1) is 0 Å². The van der Waals surface area contributed by atoms with Crippen LogP contribution in [-0.4, -0.2) is 54.5 Å². The molecule has 1 amide bonds. The molecule has 0 atom stereocenters. The van der Waals surface area contributed by atoms with Crippen molar-refractivity contribution in [3.8, 4) is 5.75 Å². The van der Waals surface area contributed by atoms with E-state index in [0.29, 0.717) is 5.75 Å². The highest BCUT2D eigenvalue weighted by molar-refractivity contribution is 9.10. The van der Waals surface area contributed by atoms with Crippen LogP contribution in [0.3, 0.4) is 0 Å². The molecule has 1 saturated heterocycles. The maximum atomic E-state index is 12.6. The van der Waals surface area contributed by atoms with Gasteiger partial charge in [-0.1, -0.05) is 15.9 Å². The van der Waals surface area contributed by atoms with E-state index in [9.17, 15) is 4.79 Å². The largest absolute Gasteiger partial charge is 0.478 e. The third-order valence-corrected chi connectivity index (χ3v) is 4.02. The van der Waals surface area contributed by atoms with Crippen molar-refractivity contribution in [3.05, 3.63) is 28.7 Å². The lowest BCUT2D eigenvalue weighted by molar-refractivity contribution is -0.147. The van der Waals surface area contributed by atoms with E-state index in [2.05, 4.69) is 27.9 Å². The summed E-state index contributed by atoms with van der Waals surface area (Å²) in [7, 11) is 2.07. The number of carbonyl (C=O) groups excluding carboxylic acids is 1. The average molecular weight is 341 g/mol. The number of rotatable bonds is 3. The minimum absolute atomic E-state index is 0.0496. The number of nitrogens with zero attached hydrogens (tertiary/aromatic N) is 2. The molecule has 1 aromatic rings. The molecule has 1 aliphatic rings. The molecule has 0 unspecified atom stereocenters. The van der Waals surface area contributed by atoms with Crippen molar-refractivity contribution in [1.82, 2.24) is 9.80 Å². The summed E-state index contributed by atoms with van der Waals surface area (Å²) in [5.74, 6) is 0.759. The van der Waals surface area contributed by atoms with Crippen LogP contribution in [0.5, 0.6) is 5.75 Å². The first-order chi connectivity index (χ1) is 9.38. The predicted octanol–water partition coefficient (Wildman–Crippen LogP) is 2.38. The highest BCUT2D eigenvalue weighted by atomic mass is 79.9. The number of benzene rings is 1. The average Bonchev–Trinajstić information content (AvgIpc) is 2.41. The number of hydrogen-bond acceptors (Lipinski definition) is 3. The minimum Gasteiger partial charge on any atom is -0.478 e. The molecule has 0 N–H and O–H groups in total. The highest BCUT2D eigenvalue weighted by Crippen LogP contribution is 2.23. The second-order valence-corrected chi connectivity index (χ2v) is 6.58. The fourth-order valence-corrected chi connectivity index (χ4v) is 2.50. The van der Waals surface area contributed by atoms with Gasteiger partial charge in [-0.05, 0) is 45.2 Å². The molecular formula is C15H21BrN2O2. The van der Waals surface area contributed by atoms with E-state index in [-0.39, 0.29) is 5.91 Å². The van der Waals surface area contributed by atoms with Gasteiger partial charge in [-0.25, -0.2) is 0 Å². The zero-order chi connectivity index (χ0) is 14.8. The Hall–Kier alpha value is -1.07. The monoisotopic (exact) mass is 340 g/mol. The minimum atomic E-state index is -0.844. The Morgan fingerprint density at radius 3 is 2.25 bits per heavy atom.